The fraction of sp³-hybridized carbons (Fsp3) is 0.636. The molecule has 166 valence electrons. The standard InChI is InChI=1S/C22H33N3O5/c1-22(2,3)30-21(27)23-10-8-17(9-11-23)25-13-12-24(20(25)26)15-16-14-18(28-4)6-7-19(16)29-5/h6-7,14,17H,8-13,15H2,1-5H3. The molecule has 2 aliphatic rings. The van der Waals surface area contributed by atoms with E-state index < -0.39 is 5.60 Å². The van der Waals surface area contributed by atoms with Gasteiger partial charge >= 0.3 is 12.1 Å². The maximum atomic E-state index is 13.0. The number of methoxy groups -OCH3 is 2. The van der Waals surface area contributed by atoms with Crippen LogP contribution in [0.4, 0.5) is 9.59 Å². The van der Waals surface area contributed by atoms with Crippen molar-refractivity contribution in [1.29, 1.82) is 0 Å². The van der Waals surface area contributed by atoms with Crippen LogP contribution in [0.2, 0.25) is 0 Å². The van der Waals surface area contributed by atoms with E-state index in [9.17, 15) is 9.59 Å². The molecular formula is C22H33N3O5. The minimum absolute atomic E-state index is 0.0376. The number of amides is 3. The first-order valence-corrected chi connectivity index (χ1v) is 10.5. The first-order valence-electron chi connectivity index (χ1n) is 10.5. The van der Waals surface area contributed by atoms with Gasteiger partial charge in [-0.15, -0.1) is 0 Å². The Hall–Kier alpha value is -2.64. The summed E-state index contributed by atoms with van der Waals surface area (Å²) in [6.45, 7) is 8.66. The van der Waals surface area contributed by atoms with E-state index in [0.29, 0.717) is 32.7 Å². The maximum Gasteiger partial charge on any atom is 0.410 e. The number of carbonyl (C=O) groups is 2. The van der Waals surface area contributed by atoms with Crippen molar-refractivity contribution in [2.45, 2.75) is 51.8 Å². The third-order valence-electron chi connectivity index (χ3n) is 5.53. The van der Waals surface area contributed by atoms with E-state index in [0.717, 1.165) is 29.9 Å². The van der Waals surface area contributed by atoms with Gasteiger partial charge in [0.15, 0.2) is 0 Å². The zero-order chi connectivity index (χ0) is 21.9. The highest BCUT2D eigenvalue weighted by molar-refractivity contribution is 5.77. The molecular weight excluding hydrogens is 386 g/mol. The van der Waals surface area contributed by atoms with Crippen LogP contribution < -0.4 is 9.47 Å². The van der Waals surface area contributed by atoms with Crippen molar-refractivity contribution in [3.63, 3.8) is 0 Å². The quantitative estimate of drug-likeness (QED) is 0.732. The molecule has 0 saturated carbocycles. The van der Waals surface area contributed by atoms with Crippen LogP contribution >= 0.6 is 0 Å². The Morgan fingerprint density at radius 3 is 2.37 bits per heavy atom. The van der Waals surface area contributed by atoms with Crippen LogP contribution in [0.25, 0.3) is 0 Å². The monoisotopic (exact) mass is 419 g/mol. The Morgan fingerprint density at radius 2 is 1.77 bits per heavy atom. The predicted molar refractivity (Wildman–Crippen MR) is 113 cm³/mol. The number of urea groups is 1. The van der Waals surface area contributed by atoms with E-state index in [1.165, 1.54) is 0 Å². The molecule has 2 aliphatic heterocycles. The van der Waals surface area contributed by atoms with Crippen LogP contribution in [0.15, 0.2) is 18.2 Å². The molecule has 0 unspecified atom stereocenters. The predicted octanol–water partition coefficient (Wildman–Crippen LogP) is 3.34. The second-order valence-electron chi connectivity index (χ2n) is 8.77. The van der Waals surface area contributed by atoms with Crippen molar-refractivity contribution in [3.8, 4) is 11.5 Å². The zero-order valence-corrected chi connectivity index (χ0v) is 18.6. The van der Waals surface area contributed by atoms with E-state index in [2.05, 4.69) is 0 Å². The van der Waals surface area contributed by atoms with Gasteiger partial charge in [-0.2, -0.15) is 0 Å². The fourth-order valence-electron chi connectivity index (χ4n) is 3.98. The number of likely N-dealkylation sites (tertiary alicyclic amines) is 1. The van der Waals surface area contributed by atoms with Gasteiger partial charge in [-0.05, 0) is 51.8 Å². The minimum atomic E-state index is -0.499. The zero-order valence-electron chi connectivity index (χ0n) is 18.6. The number of carbonyl (C=O) groups excluding carboxylic acids is 2. The van der Waals surface area contributed by atoms with Gasteiger partial charge in [0, 0.05) is 37.8 Å². The molecule has 0 bridgehead atoms. The van der Waals surface area contributed by atoms with E-state index in [-0.39, 0.29) is 18.2 Å². The molecule has 2 saturated heterocycles. The highest BCUT2D eigenvalue weighted by Gasteiger charge is 2.37. The summed E-state index contributed by atoms with van der Waals surface area (Å²) >= 11 is 0. The molecule has 2 fully saturated rings. The van der Waals surface area contributed by atoms with Crippen LogP contribution in [-0.2, 0) is 11.3 Å². The van der Waals surface area contributed by atoms with Gasteiger partial charge in [-0.25, -0.2) is 9.59 Å². The lowest BCUT2D eigenvalue weighted by atomic mass is 10.0. The van der Waals surface area contributed by atoms with E-state index >= 15 is 0 Å². The lowest BCUT2D eigenvalue weighted by Crippen LogP contribution is -2.49. The summed E-state index contributed by atoms with van der Waals surface area (Å²) < 4.78 is 16.2. The van der Waals surface area contributed by atoms with Gasteiger partial charge < -0.3 is 28.9 Å². The largest absolute Gasteiger partial charge is 0.497 e. The second-order valence-corrected chi connectivity index (χ2v) is 8.77. The third kappa shape index (κ3) is 5.09. The Balaban J connectivity index is 1.57. The SMILES string of the molecule is COc1ccc(OC)c(CN2CCN(C3CCN(C(=O)OC(C)(C)C)CC3)C2=O)c1. The third-order valence-corrected chi connectivity index (χ3v) is 5.53. The van der Waals surface area contributed by atoms with Gasteiger partial charge in [0.1, 0.15) is 17.1 Å². The number of hydrogen-bond acceptors (Lipinski definition) is 5. The molecule has 3 amide bonds. The number of hydrogen-bond donors (Lipinski definition) is 0. The molecule has 0 aromatic heterocycles. The average molecular weight is 420 g/mol. The van der Waals surface area contributed by atoms with Crippen LogP contribution in [0.1, 0.15) is 39.2 Å². The molecule has 0 atom stereocenters. The summed E-state index contributed by atoms with van der Waals surface area (Å²) in [6, 6.07) is 5.80. The Labute approximate surface area is 178 Å². The molecule has 8 nitrogen and oxygen atoms in total. The average Bonchev–Trinajstić information content (AvgIpc) is 3.07. The fourth-order valence-corrected chi connectivity index (χ4v) is 3.98. The molecule has 0 spiro atoms. The molecule has 2 heterocycles. The smallest absolute Gasteiger partial charge is 0.410 e. The molecule has 8 heteroatoms. The summed E-state index contributed by atoms with van der Waals surface area (Å²) in [5, 5.41) is 0. The van der Waals surface area contributed by atoms with Gasteiger partial charge in [0.25, 0.3) is 0 Å². The van der Waals surface area contributed by atoms with Gasteiger partial charge in [0.05, 0.1) is 20.8 Å². The molecule has 1 aromatic rings. The summed E-state index contributed by atoms with van der Waals surface area (Å²) in [7, 11) is 3.25. The number of piperidine rings is 1. The summed E-state index contributed by atoms with van der Waals surface area (Å²) in [5.74, 6) is 1.48. The maximum absolute atomic E-state index is 13.0. The summed E-state index contributed by atoms with van der Waals surface area (Å²) in [4.78, 5) is 30.8. The van der Waals surface area contributed by atoms with Gasteiger partial charge in [-0.1, -0.05) is 0 Å². The van der Waals surface area contributed by atoms with Crippen LogP contribution in [0.5, 0.6) is 11.5 Å². The second kappa shape index (κ2) is 9.02. The first-order chi connectivity index (χ1) is 14.2. The van der Waals surface area contributed by atoms with Crippen LogP contribution in [-0.4, -0.2) is 78.9 Å². The Morgan fingerprint density at radius 1 is 1.07 bits per heavy atom. The van der Waals surface area contributed by atoms with E-state index in [4.69, 9.17) is 14.2 Å². The highest BCUT2D eigenvalue weighted by Crippen LogP contribution is 2.28. The Kier molecular flexibility index (Phi) is 6.63. The van der Waals surface area contributed by atoms with Crippen molar-refractivity contribution in [2.24, 2.45) is 0 Å². The summed E-state index contributed by atoms with van der Waals surface area (Å²) in [6.07, 6.45) is 1.25. The normalized spacial score (nSPS) is 18.0. The number of ether oxygens (including phenoxy) is 3. The van der Waals surface area contributed by atoms with Crippen molar-refractivity contribution < 1.29 is 23.8 Å². The topological polar surface area (TPSA) is 71.6 Å². The molecule has 3 rings (SSSR count). The van der Waals surface area contributed by atoms with Crippen molar-refractivity contribution in [1.82, 2.24) is 14.7 Å². The van der Waals surface area contributed by atoms with Crippen LogP contribution in [0.3, 0.4) is 0 Å². The van der Waals surface area contributed by atoms with Crippen molar-refractivity contribution in [2.75, 3.05) is 40.4 Å². The lowest BCUT2D eigenvalue weighted by molar-refractivity contribution is 0.0170. The van der Waals surface area contributed by atoms with E-state index in [1.807, 2.05) is 48.8 Å². The number of rotatable bonds is 5. The molecule has 1 aromatic carbocycles. The number of benzene rings is 1. The van der Waals surface area contributed by atoms with Gasteiger partial charge in [-0.3, -0.25) is 0 Å². The molecule has 30 heavy (non-hydrogen) atoms. The molecule has 0 N–H and O–H groups in total. The van der Waals surface area contributed by atoms with E-state index in [1.54, 1.807) is 19.1 Å². The Bertz CT molecular complexity index is 769. The first kappa shape index (κ1) is 22.1. The van der Waals surface area contributed by atoms with Crippen molar-refractivity contribution in [3.05, 3.63) is 23.8 Å². The minimum Gasteiger partial charge on any atom is -0.497 e. The van der Waals surface area contributed by atoms with Gasteiger partial charge in [0.2, 0.25) is 0 Å². The molecule has 0 radical (unpaired) electrons. The number of nitrogens with zero attached hydrogens (tertiary/aromatic N) is 3. The van der Waals surface area contributed by atoms with Crippen molar-refractivity contribution >= 4 is 12.1 Å². The van der Waals surface area contributed by atoms with Crippen LogP contribution in [0, 0.1) is 0 Å². The summed E-state index contributed by atoms with van der Waals surface area (Å²) in [5.41, 5.74) is 0.423. The molecule has 0 aliphatic carbocycles. The lowest BCUT2D eigenvalue weighted by Gasteiger charge is -2.37. The highest BCUT2D eigenvalue weighted by atomic mass is 16.6.